The fraction of sp³-hybridized carbons (Fsp3) is 0.133. The van der Waals surface area contributed by atoms with Gasteiger partial charge < -0.3 is 0 Å². The second-order valence-corrected chi connectivity index (χ2v) is 4.57. The molecular weight excluding hydrogens is 240 g/mol. The zero-order valence-electron chi connectivity index (χ0n) is 10.7. The molecule has 94 valence electrons. The maximum absolute atomic E-state index is 12.2. The van der Waals surface area contributed by atoms with E-state index in [9.17, 15) is 9.59 Å². The van der Waals surface area contributed by atoms with Gasteiger partial charge in [0.25, 0.3) is 0 Å². The normalized spacial score (nSPS) is 13.9. The monoisotopic (exact) mass is 252 g/mol. The van der Waals surface area contributed by atoms with Crippen LogP contribution in [-0.4, -0.2) is 21.3 Å². The molecule has 0 aliphatic heterocycles. The van der Waals surface area contributed by atoms with E-state index in [0.717, 1.165) is 11.3 Å². The number of carbonyl (C=O) groups excluding carboxylic acids is 2. The Morgan fingerprint density at radius 3 is 2.16 bits per heavy atom. The molecule has 4 heteroatoms. The lowest BCUT2D eigenvalue weighted by molar-refractivity contribution is 0.0990. The summed E-state index contributed by atoms with van der Waals surface area (Å²) in [5.74, 6) is -0.410. The molecule has 2 aromatic rings. The van der Waals surface area contributed by atoms with Gasteiger partial charge in [-0.05, 0) is 13.0 Å². The molecule has 0 spiro atoms. The minimum absolute atomic E-state index is 0.205. The van der Waals surface area contributed by atoms with Crippen molar-refractivity contribution in [1.29, 1.82) is 0 Å². The fourth-order valence-electron chi connectivity index (χ4n) is 2.22. The van der Waals surface area contributed by atoms with Crippen LogP contribution in [0.15, 0.2) is 36.0 Å². The Morgan fingerprint density at radius 2 is 1.68 bits per heavy atom. The lowest BCUT2D eigenvalue weighted by Gasteiger charge is -1.96. The SMILES string of the molecule is Cc1c(C=C2C(=O)c3ccccc3C2=O)cnn1C. The smallest absolute Gasteiger partial charge is 0.197 e. The Kier molecular flexibility index (Phi) is 2.45. The number of nitrogens with zero attached hydrogens (tertiary/aromatic N) is 2. The van der Waals surface area contributed by atoms with Gasteiger partial charge in [0.15, 0.2) is 11.6 Å². The molecule has 0 saturated carbocycles. The largest absolute Gasteiger partial charge is 0.288 e. The van der Waals surface area contributed by atoms with Crippen LogP contribution in [0.25, 0.3) is 6.08 Å². The van der Waals surface area contributed by atoms with Crippen LogP contribution >= 0.6 is 0 Å². The number of benzene rings is 1. The van der Waals surface area contributed by atoms with Gasteiger partial charge in [-0.25, -0.2) is 0 Å². The zero-order chi connectivity index (χ0) is 13.6. The Bertz CT molecular complexity index is 701. The molecule has 0 atom stereocenters. The number of Topliss-reactive ketones (excluding diaryl/α,β-unsaturated/α-hetero) is 2. The summed E-state index contributed by atoms with van der Waals surface area (Å²) in [7, 11) is 1.82. The third kappa shape index (κ3) is 1.64. The number of hydrogen-bond donors (Lipinski definition) is 0. The van der Waals surface area contributed by atoms with Crippen molar-refractivity contribution in [3.8, 4) is 0 Å². The van der Waals surface area contributed by atoms with Crippen molar-refractivity contribution in [3.63, 3.8) is 0 Å². The van der Waals surface area contributed by atoms with E-state index >= 15 is 0 Å². The Hall–Kier alpha value is -2.49. The quantitative estimate of drug-likeness (QED) is 0.577. The number of fused-ring (bicyclic) bond motifs is 1. The third-order valence-electron chi connectivity index (χ3n) is 3.48. The van der Waals surface area contributed by atoms with Gasteiger partial charge in [0.1, 0.15) is 0 Å². The van der Waals surface area contributed by atoms with Crippen molar-refractivity contribution in [2.24, 2.45) is 7.05 Å². The summed E-state index contributed by atoms with van der Waals surface area (Å²) in [6.07, 6.45) is 3.29. The minimum atomic E-state index is -0.205. The molecule has 0 saturated heterocycles. The molecule has 0 radical (unpaired) electrons. The van der Waals surface area contributed by atoms with Gasteiger partial charge in [0, 0.05) is 29.4 Å². The fourth-order valence-corrected chi connectivity index (χ4v) is 2.22. The van der Waals surface area contributed by atoms with Crippen LogP contribution in [0.2, 0.25) is 0 Å². The number of ketones is 2. The molecule has 3 rings (SSSR count). The van der Waals surface area contributed by atoms with Crippen molar-refractivity contribution in [2.45, 2.75) is 6.92 Å². The highest BCUT2D eigenvalue weighted by molar-refractivity contribution is 6.41. The lowest BCUT2D eigenvalue weighted by atomic mass is 10.1. The minimum Gasteiger partial charge on any atom is -0.288 e. The molecule has 1 aromatic carbocycles. The molecule has 1 aromatic heterocycles. The average molecular weight is 252 g/mol. The first kappa shape index (κ1) is 11.6. The molecule has 1 aliphatic carbocycles. The third-order valence-corrected chi connectivity index (χ3v) is 3.48. The van der Waals surface area contributed by atoms with Crippen molar-refractivity contribution in [1.82, 2.24) is 9.78 Å². The summed E-state index contributed by atoms with van der Waals surface area (Å²) in [6, 6.07) is 6.91. The van der Waals surface area contributed by atoms with E-state index in [1.54, 1.807) is 41.2 Å². The van der Waals surface area contributed by atoms with E-state index < -0.39 is 0 Å². The number of allylic oxidation sites excluding steroid dienone is 1. The molecular formula is C15H12N2O2. The number of rotatable bonds is 1. The summed E-state index contributed by atoms with van der Waals surface area (Å²) >= 11 is 0. The predicted octanol–water partition coefficient (Wildman–Crippen LogP) is 2.19. The van der Waals surface area contributed by atoms with Crippen LogP contribution in [0.1, 0.15) is 32.0 Å². The second kappa shape index (κ2) is 4.02. The standard InChI is InChI=1S/C15H12N2O2/c1-9-10(8-16-17(9)2)7-13-14(18)11-5-3-4-6-12(11)15(13)19/h3-8H,1-2H3. The Labute approximate surface area is 110 Å². The van der Waals surface area contributed by atoms with E-state index in [1.165, 1.54) is 0 Å². The van der Waals surface area contributed by atoms with Gasteiger partial charge in [0.2, 0.25) is 0 Å². The van der Waals surface area contributed by atoms with Crippen molar-refractivity contribution in [3.05, 3.63) is 58.4 Å². The first-order valence-electron chi connectivity index (χ1n) is 5.98. The van der Waals surface area contributed by atoms with Crippen LogP contribution in [0.5, 0.6) is 0 Å². The van der Waals surface area contributed by atoms with E-state index in [4.69, 9.17) is 0 Å². The molecule has 19 heavy (non-hydrogen) atoms. The first-order valence-corrected chi connectivity index (χ1v) is 5.98. The van der Waals surface area contributed by atoms with Gasteiger partial charge in [0.05, 0.1) is 11.8 Å². The molecule has 0 N–H and O–H groups in total. The van der Waals surface area contributed by atoms with Crippen LogP contribution in [0, 0.1) is 6.92 Å². The summed E-state index contributed by atoms with van der Waals surface area (Å²) < 4.78 is 1.71. The van der Waals surface area contributed by atoms with Crippen molar-refractivity contribution >= 4 is 17.6 Å². The van der Waals surface area contributed by atoms with Gasteiger partial charge in [-0.3, -0.25) is 14.3 Å². The van der Waals surface area contributed by atoms with Crippen LogP contribution < -0.4 is 0 Å². The lowest BCUT2D eigenvalue weighted by Crippen LogP contribution is -2.00. The Morgan fingerprint density at radius 1 is 1.11 bits per heavy atom. The molecule has 4 nitrogen and oxygen atoms in total. The topological polar surface area (TPSA) is 52.0 Å². The molecule has 0 amide bonds. The number of carbonyl (C=O) groups is 2. The van der Waals surface area contributed by atoms with Gasteiger partial charge in [-0.1, -0.05) is 24.3 Å². The number of hydrogen-bond acceptors (Lipinski definition) is 3. The summed E-state index contributed by atoms with van der Waals surface area (Å²) in [5, 5.41) is 4.11. The predicted molar refractivity (Wildman–Crippen MR) is 71.0 cm³/mol. The number of aryl methyl sites for hydroxylation is 1. The van der Waals surface area contributed by atoms with Gasteiger partial charge >= 0.3 is 0 Å². The van der Waals surface area contributed by atoms with E-state index in [0.29, 0.717) is 11.1 Å². The molecule has 1 heterocycles. The van der Waals surface area contributed by atoms with Crippen LogP contribution in [-0.2, 0) is 7.05 Å². The first-order chi connectivity index (χ1) is 9.09. The molecule has 0 bridgehead atoms. The van der Waals surface area contributed by atoms with Crippen molar-refractivity contribution < 1.29 is 9.59 Å². The van der Waals surface area contributed by atoms with Gasteiger partial charge in [-0.15, -0.1) is 0 Å². The van der Waals surface area contributed by atoms with Crippen LogP contribution in [0.4, 0.5) is 0 Å². The highest BCUT2D eigenvalue weighted by Crippen LogP contribution is 2.28. The zero-order valence-corrected chi connectivity index (χ0v) is 10.7. The average Bonchev–Trinajstić information content (AvgIpc) is 2.86. The van der Waals surface area contributed by atoms with Crippen molar-refractivity contribution in [2.75, 3.05) is 0 Å². The van der Waals surface area contributed by atoms with Gasteiger partial charge in [-0.2, -0.15) is 5.10 Å². The molecule has 0 unspecified atom stereocenters. The highest BCUT2D eigenvalue weighted by atomic mass is 16.2. The molecule has 1 aliphatic rings. The maximum atomic E-state index is 12.2. The summed E-state index contributed by atoms with van der Waals surface area (Å²) in [4.78, 5) is 24.4. The second-order valence-electron chi connectivity index (χ2n) is 4.57. The van der Waals surface area contributed by atoms with Crippen LogP contribution in [0.3, 0.4) is 0 Å². The summed E-state index contributed by atoms with van der Waals surface area (Å²) in [5.41, 5.74) is 2.91. The number of aromatic nitrogens is 2. The maximum Gasteiger partial charge on any atom is 0.197 e. The molecule has 0 fully saturated rings. The summed E-state index contributed by atoms with van der Waals surface area (Å²) in [6.45, 7) is 1.90. The highest BCUT2D eigenvalue weighted by Gasteiger charge is 2.32. The Balaban J connectivity index is 2.12. The van der Waals surface area contributed by atoms with E-state index in [2.05, 4.69) is 5.10 Å². The van der Waals surface area contributed by atoms with E-state index in [1.807, 2.05) is 14.0 Å². The van der Waals surface area contributed by atoms with E-state index in [-0.39, 0.29) is 17.1 Å².